The summed E-state index contributed by atoms with van der Waals surface area (Å²) in [6.07, 6.45) is 0.739. The fraction of sp³-hybridized carbons (Fsp3) is 0.357. The number of ether oxygens (including phenoxy) is 6. The molecular weight excluding hydrogens is 588 g/mol. The fourth-order valence-corrected chi connectivity index (χ4v) is 3.70. The number of phenolic OH excluding ortho intramolecular Hbond substituents is 2. The Morgan fingerprint density at radius 2 is 0.886 bits per heavy atom. The van der Waals surface area contributed by atoms with E-state index in [9.17, 15) is 39.0 Å². The topological polar surface area (TPSA) is 205 Å². The van der Waals surface area contributed by atoms with Crippen LogP contribution in [0.15, 0.2) is 24.3 Å². The van der Waals surface area contributed by atoms with Crippen LogP contribution in [0.1, 0.15) is 20.7 Å². The summed E-state index contributed by atoms with van der Waals surface area (Å²) in [4.78, 5) is 73.5. The first-order valence-electron chi connectivity index (χ1n) is 12.7. The van der Waals surface area contributed by atoms with Gasteiger partial charge in [-0.05, 0) is 12.1 Å². The van der Waals surface area contributed by atoms with E-state index in [4.69, 9.17) is 9.47 Å². The lowest BCUT2D eigenvalue weighted by atomic mass is 10.1. The van der Waals surface area contributed by atoms with Crippen LogP contribution in [0.3, 0.4) is 0 Å². The first-order valence-corrected chi connectivity index (χ1v) is 12.7. The zero-order valence-electron chi connectivity index (χ0n) is 24.4. The number of carbonyl (C=O) groups is 6. The number of hydrogen-bond acceptors (Lipinski definition) is 16. The molecular formula is C28H32N2O14. The normalized spacial score (nSPS) is 10.2. The molecule has 0 fully saturated rings. The van der Waals surface area contributed by atoms with E-state index in [0.29, 0.717) is 12.6 Å². The van der Waals surface area contributed by atoms with Crippen LogP contribution in [-0.4, -0.2) is 114 Å². The van der Waals surface area contributed by atoms with E-state index in [-0.39, 0.29) is 47.2 Å². The minimum atomic E-state index is -0.726. The molecule has 0 amide bonds. The Morgan fingerprint density at radius 1 is 0.591 bits per heavy atom. The third-order valence-corrected chi connectivity index (χ3v) is 5.94. The first-order chi connectivity index (χ1) is 21.0. The summed E-state index contributed by atoms with van der Waals surface area (Å²) in [5, 5.41) is 20.6. The lowest BCUT2D eigenvalue weighted by Crippen LogP contribution is -2.36. The quantitative estimate of drug-likeness (QED) is 0.107. The molecule has 238 valence electrons. The van der Waals surface area contributed by atoms with Gasteiger partial charge in [0, 0.05) is 12.1 Å². The highest BCUT2D eigenvalue weighted by Crippen LogP contribution is 2.36. The van der Waals surface area contributed by atoms with E-state index in [1.54, 1.807) is 0 Å². The maximum Gasteiger partial charge on any atom is 0.325 e. The lowest BCUT2D eigenvalue weighted by Gasteiger charge is -2.26. The molecule has 2 N–H and O–H groups in total. The second-order valence-corrected chi connectivity index (χ2v) is 8.71. The Balaban J connectivity index is 2.40. The third-order valence-electron chi connectivity index (χ3n) is 5.94. The van der Waals surface area contributed by atoms with Crippen LogP contribution in [0.2, 0.25) is 0 Å². The molecule has 0 heterocycles. The number of phenols is 2. The van der Waals surface area contributed by atoms with E-state index >= 15 is 0 Å². The number of aromatic hydroxyl groups is 2. The Bertz CT molecular complexity index is 1240. The number of methoxy groups -OCH3 is 4. The minimum absolute atomic E-state index is 0.0289. The molecule has 16 heteroatoms. The Morgan fingerprint density at radius 3 is 1.14 bits per heavy atom. The Kier molecular flexibility index (Phi) is 13.2. The van der Waals surface area contributed by atoms with Crippen LogP contribution in [0.5, 0.6) is 23.0 Å². The van der Waals surface area contributed by atoms with E-state index in [2.05, 4.69) is 18.9 Å². The molecule has 2 aromatic rings. The van der Waals surface area contributed by atoms with E-state index in [1.807, 2.05) is 0 Å². The summed E-state index contributed by atoms with van der Waals surface area (Å²) < 4.78 is 30.3. The lowest BCUT2D eigenvalue weighted by molar-refractivity contribution is -0.141. The molecule has 0 radical (unpaired) electrons. The predicted octanol–water partition coefficient (Wildman–Crippen LogP) is 0.485. The smallest absolute Gasteiger partial charge is 0.325 e. The van der Waals surface area contributed by atoms with Crippen molar-refractivity contribution in [3.05, 3.63) is 35.4 Å². The van der Waals surface area contributed by atoms with Crippen molar-refractivity contribution in [2.75, 3.05) is 77.6 Å². The molecule has 0 unspecified atom stereocenters. The number of anilines is 2. The summed E-state index contributed by atoms with van der Waals surface area (Å²) in [7, 11) is 4.58. The molecule has 2 rings (SSSR count). The van der Waals surface area contributed by atoms with Crippen LogP contribution in [0, 0.1) is 0 Å². The summed E-state index contributed by atoms with van der Waals surface area (Å²) >= 11 is 0. The molecule has 0 bridgehead atoms. The van der Waals surface area contributed by atoms with E-state index in [1.165, 1.54) is 21.9 Å². The predicted molar refractivity (Wildman–Crippen MR) is 150 cm³/mol. The van der Waals surface area contributed by atoms with Gasteiger partial charge in [0.15, 0.2) is 12.6 Å². The van der Waals surface area contributed by atoms with Crippen molar-refractivity contribution in [2.45, 2.75) is 0 Å². The highest BCUT2D eigenvalue weighted by atomic mass is 16.5. The highest BCUT2D eigenvalue weighted by Gasteiger charge is 2.24. The number of hydrogen-bond donors (Lipinski definition) is 2. The molecule has 0 aliphatic carbocycles. The first kappa shape index (κ1) is 34.7. The molecule has 0 spiro atoms. The van der Waals surface area contributed by atoms with Gasteiger partial charge in [-0.1, -0.05) is 0 Å². The van der Waals surface area contributed by atoms with E-state index < -0.39 is 61.6 Å². The number of nitrogens with zero attached hydrogens (tertiary/aromatic N) is 2. The number of esters is 4. The molecule has 2 aromatic carbocycles. The van der Waals surface area contributed by atoms with Gasteiger partial charge in [0.25, 0.3) is 0 Å². The van der Waals surface area contributed by atoms with Gasteiger partial charge in [0.1, 0.15) is 62.4 Å². The number of benzene rings is 2. The summed E-state index contributed by atoms with van der Waals surface area (Å²) in [6, 6.07) is 4.61. The Labute approximate surface area is 251 Å². The maximum atomic E-state index is 12.0. The van der Waals surface area contributed by atoms with Gasteiger partial charge in [-0.3, -0.25) is 28.8 Å². The van der Waals surface area contributed by atoms with Gasteiger partial charge in [-0.15, -0.1) is 0 Å². The zero-order chi connectivity index (χ0) is 32.8. The van der Waals surface area contributed by atoms with Gasteiger partial charge in [-0.25, -0.2) is 0 Å². The molecule has 0 atom stereocenters. The van der Waals surface area contributed by atoms with Crippen LogP contribution >= 0.6 is 0 Å². The average molecular weight is 621 g/mol. The van der Waals surface area contributed by atoms with Gasteiger partial charge in [0.2, 0.25) is 0 Å². The zero-order valence-corrected chi connectivity index (χ0v) is 24.4. The highest BCUT2D eigenvalue weighted by molar-refractivity contribution is 5.88. The van der Waals surface area contributed by atoms with Crippen molar-refractivity contribution in [3.63, 3.8) is 0 Å². The minimum Gasteiger partial charge on any atom is -0.507 e. The summed E-state index contributed by atoms with van der Waals surface area (Å²) in [5.41, 5.74) is -0.225. The number of rotatable bonds is 17. The van der Waals surface area contributed by atoms with Crippen molar-refractivity contribution in [1.82, 2.24) is 0 Å². The van der Waals surface area contributed by atoms with Crippen LogP contribution in [0.4, 0.5) is 11.4 Å². The van der Waals surface area contributed by atoms with Crippen molar-refractivity contribution >= 4 is 47.8 Å². The monoisotopic (exact) mass is 620 g/mol. The fourth-order valence-electron chi connectivity index (χ4n) is 3.70. The molecule has 0 saturated heterocycles. The number of carbonyl (C=O) groups excluding carboxylic acids is 6. The molecule has 0 aromatic heterocycles. The molecule has 16 nitrogen and oxygen atoms in total. The SMILES string of the molecule is COC(=O)CN(CC(=O)OC)c1cc(O)c(C=O)cc1OCCOc1cc(C=O)c(O)cc1N(CC(=O)OC)CC(=O)OC. The van der Waals surface area contributed by atoms with Gasteiger partial charge < -0.3 is 48.4 Å². The van der Waals surface area contributed by atoms with Crippen LogP contribution < -0.4 is 19.3 Å². The van der Waals surface area contributed by atoms with Crippen molar-refractivity contribution in [1.29, 1.82) is 0 Å². The third kappa shape index (κ3) is 9.50. The largest absolute Gasteiger partial charge is 0.507 e. The summed E-state index contributed by atoms with van der Waals surface area (Å²) in [5.74, 6) is -3.87. The second-order valence-electron chi connectivity index (χ2n) is 8.71. The average Bonchev–Trinajstić information content (AvgIpc) is 3.02. The molecule has 0 aliphatic rings. The molecule has 44 heavy (non-hydrogen) atoms. The maximum absolute atomic E-state index is 12.0. The summed E-state index contributed by atoms with van der Waals surface area (Å²) in [6.45, 7) is -2.27. The second kappa shape index (κ2) is 16.8. The standard InChI is InChI=1S/C28H32N2O14/c1-39-25(35)11-29(12-26(36)40-2)19-9-21(33)17(15-31)7-23(19)43-5-6-44-24-8-18(16-32)22(34)10-20(24)30(13-27(37)41-3)14-28(38)42-4/h7-10,15-16,33-34H,5-6,11-14H2,1-4H3. The molecule has 0 saturated carbocycles. The molecule has 0 aliphatic heterocycles. The van der Waals surface area contributed by atoms with Crippen LogP contribution in [0.25, 0.3) is 0 Å². The van der Waals surface area contributed by atoms with Gasteiger partial charge in [0.05, 0.1) is 50.9 Å². The van der Waals surface area contributed by atoms with E-state index in [0.717, 1.165) is 40.6 Å². The Hall–Kier alpha value is -5.54. The van der Waals surface area contributed by atoms with Crippen LogP contribution in [-0.2, 0) is 38.1 Å². The van der Waals surface area contributed by atoms with Gasteiger partial charge >= 0.3 is 23.9 Å². The number of aldehydes is 2. The van der Waals surface area contributed by atoms with Gasteiger partial charge in [-0.2, -0.15) is 0 Å². The van der Waals surface area contributed by atoms with Crippen molar-refractivity contribution < 1.29 is 67.4 Å². The van der Waals surface area contributed by atoms with Crippen molar-refractivity contribution in [3.8, 4) is 23.0 Å². The van der Waals surface area contributed by atoms with Crippen molar-refractivity contribution in [2.24, 2.45) is 0 Å².